The van der Waals surface area contributed by atoms with Crippen LogP contribution in [0.2, 0.25) is 0 Å². The molecule has 0 rings (SSSR count). The van der Waals surface area contributed by atoms with E-state index in [9.17, 15) is 43.5 Å². The third kappa shape index (κ3) is 80.5. The second-order valence-corrected chi connectivity index (χ2v) is 30.4. The predicted molar refractivity (Wildman–Crippen MR) is 436 cm³/mol. The van der Waals surface area contributed by atoms with Crippen molar-refractivity contribution in [3.8, 4) is 0 Å². The van der Waals surface area contributed by atoms with E-state index in [2.05, 4.69) is 154 Å². The normalized spacial score (nSPS) is 14.6. The Morgan fingerprint density at radius 2 is 0.524 bits per heavy atom. The van der Waals surface area contributed by atoms with Crippen LogP contribution in [0.1, 0.15) is 342 Å². The Balaban J connectivity index is 4.39. The Hall–Kier alpha value is -4.31. The summed E-state index contributed by atoms with van der Waals surface area (Å²) in [5.41, 5.74) is 0. The standard InChI is InChI=1S/C87H150O16P2/c1-4-7-10-13-16-19-22-25-27-29-31-33-34-35-36-37-38-39-40-41-42-43-44-45-46-48-50-51-53-56-58-61-64-67-70-73-85(90)97-76-82(88)77-99-104(93,94)100-78-83(89)79-101-105(95,96)102-81-84(103-87(92)75-72-69-66-63-60-55-24-21-18-15-12-9-6-3)80-98-86(91)74-71-68-65-62-59-57-54-52-49-47-32-30-28-26-23-20-17-14-11-8-5-2/h8,11-12,15-17,19-21,24-28,31-33,35-36,47,52,54,82-84,88-89H,4-7,9-10,13-14,18,22-23,29-30,34,37-46,48-51,53,55-81H2,1-3H3,(H,93,94)(H,95,96)/b11-8-,15-12-,19-16-,20-17-,24-21-,27-25-,28-26-,33-31-,36-35-,47-32-,54-52-. The third-order valence-electron chi connectivity index (χ3n) is 17.3. The summed E-state index contributed by atoms with van der Waals surface area (Å²) in [6, 6.07) is 0. The van der Waals surface area contributed by atoms with Gasteiger partial charge < -0.3 is 34.2 Å². The van der Waals surface area contributed by atoms with Gasteiger partial charge in [0.1, 0.15) is 25.4 Å². The highest BCUT2D eigenvalue weighted by atomic mass is 31.2. The van der Waals surface area contributed by atoms with Crippen LogP contribution in [0.25, 0.3) is 0 Å². The maximum absolute atomic E-state index is 12.9. The number of phosphoric acid groups is 2. The fourth-order valence-corrected chi connectivity index (χ4v) is 12.6. The van der Waals surface area contributed by atoms with Gasteiger partial charge in [0, 0.05) is 19.3 Å². The van der Waals surface area contributed by atoms with Crippen molar-refractivity contribution in [2.75, 3.05) is 39.6 Å². The Morgan fingerprint density at radius 1 is 0.276 bits per heavy atom. The first kappa shape index (κ1) is 101. The Kier molecular flexibility index (Phi) is 76.0. The highest BCUT2D eigenvalue weighted by Gasteiger charge is 2.29. The third-order valence-corrected chi connectivity index (χ3v) is 19.2. The van der Waals surface area contributed by atoms with E-state index in [0.29, 0.717) is 19.3 Å². The van der Waals surface area contributed by atoms with E-state index >= 15 is 0 Å². The van der Waals surface area contributed by atoms with Crippen molar-refractivity contribution in [2.45, 2.75) is 360 Å². The number of unbranched alkanes of at least 4 members (excludes halogenated alkanes) is 33. The first-order valence-corrected chi connectivity index (χ1v) is 44.5. The number of aliphatic hydroxyl groups is 2. The van der Waals surface area contributed by atoms with Crippen LogP contribution in [-0.2, 0) is 55.8 Å². The van der Waals surface area contributed by atoms with E-state index in [-0.39, 0.29) is 19.3 Å². The molecular weight excluding hydrogens is 1360 g/mol. The van der Waals surface area contributed by atoms with Gasteiger partial charge in [-0.05, 0) is 135 Å². The molecule has 604 valence electrons. The van der Waals surface area contributed by atoms with Crippen molar-refractivity contribution >= 4 is 33.6 Å². The van der Waals surface area contributed by atoms with Gasteiger partial charge in [-0.1, -0.05) is 321 Å². The van der Waals surface area contributed by atoms with Crippen LogP contribution < -0.4 is 0 Å². The molecular formula is C87H150O16P2. The lowest BCUT2D eigenvalue weighted by Crippen LogP contribution is -2.30. The molecule has 0 heterocycles. The summed E-state index contributed by atoms with van der Waals surface area (Å²) in [6.07, 6.45) is 96.7. The summed E-state index contributed by atoms with van der Waals surface area (Å²) in [5.74, 6) is -1.61. The summed E-state index contributed by atoms with van der Waals surface area (Å²) >= 11 is 0. The molecule has 0 aromatic carbocycles. The molecule has 5 unspecified atom stereocenters. The smallest absolute Gasteiger partial charge is 0.463 e. The SMILES string of the molecule is CC/C=C\C/C=C\C/C=C\C/C=C\C/C=C\CCCCCCCC(=O)OCC(COP(=O)(O)OCC(O)COP(=O)(O)OCC(O)COC(=O)CCCCCCCCCCCCCCCCCCCCC/C=C\C/C=C\C/C=C\C/C=C\CCCCC)OC(=O)CCCCCCC/C=C\C/C=C\CCC. The molecule has 0 fully saturated rings. The van der Waals surface area contributed by atoms with Crippen LogP contribution in [0.15, 0.2) is 134 Å². The first-order valence-electron chi connectivity index (χ1n) is 41.5. The zero-order chi connectivity index (χ0) is 76.6. The van der Waals surface area contributed by atoms with Crippen LogP contribution in [0.3, 0.4) is 0 Å². The molecule has 0 saturated carbocycles. The summed E-state index contributed by atoms with van der Waals surface area (Å²) in [6.45, 7) is 2.45. The van der Waals surface area contributed by atoms with Gasteiger partial charge in [0.05, 0.1) is 26.4 Å². The quantitative estimate of drug-likeness (QED) is 0.0146. The van der Waals surface area contributed by atoms with Gasteiger partial charge in [0.15, 0.2) is 6.10 Å². The van der Waals surface area contributed by atoms with Crippen molar-refractivity contribution < 1.29 is 75.8 Å². The highest BCUT2D eigenvalue weighted by molar-refractivity contribution is 7.47. The molecule has 0 amide bonds. The average Bonchev–Trinajstić information content (AvgIpc) is 0.932. The molecule has 4 N–H and O–H groups in total. The van der Waals surface area contributed by atoms with Gasteiger partial charge in [-0.15, -0.1) is 0 Å². The minimum Gasteiger partial charge on any atom is -0.463 e. The molecule has 0 aromatic rings. The fraction of sp³-hybridized carbons (Fsp3) is 0.713. The maximum Gasteiger partial charge on any atom is 0.472 e. The number of ether oxygens (including phenoxy) is 3. The molecule has 0 aliphatic heterocycles. The largest absolute Gasteiger partial charge is 0.472 e. The van der Waals surface area contributed by atoms with Crippen LogP contribution in [0.4, 0.5) is 0 Å². The van der Waals surface area contributed by atoms with Gasteiger partial charge in [-0.25, -0.2) is 9.13 Å². The number of rotatable bonds is 78. The number of phosphoric ester groups is 2. The Bertz CT molecular complexity index is 2440. The second kappa shape index (κ2) is 79.2. The van der Waals surface area contributed by atoms with Crippen molar-refractivity contribution in [1.82, 2.24) is 0 Å². The lowest BCUT2D eigenvalue weighted by molar-refractivity contribution is -0.161. The molecule has 105 heavy (non-hydrogen) atoms. The monoisotopic (exact) mass is 1510 g/mol. The lowest BCUT2D eigenvalue weighted by Gasteiger charge is -2.21. The van der Waals surface area contributed by atoms with Gasteiger partial charge in [-0.2, -0.15) is 0 Å². The number of aliphatic hydroxyl groups excluding tert-OH is 2. The van der Waals surface area contributed by atoms with E-state index in [1.807, 2.05) is 0 Å². The Labute approximate surface area is 639 Å². The lowest BCUT2D eigenvalue weighted by atomic mass is 10.0. The summed E-state index contributed by atoms with van der Waals surface area (Å²) in [7, 11) is -9.80. The highest BCUT2D eigenvalue weighted by Crippen LogP contribution is 2.45. The van der Waals surface area contributed by atoms with Crippen molar-refractivity contribution in [1.29, 1.82) is 0 Å². The number of carbonyl (C=O) groups excluding carboxylic acids is 3. The second-order valence-electron chi connectivity index (χ2n) is 27.5. The number of esters is 3. The Morgan fingerprint density at radius 3 is 0.838 bits per heavy atom. The van der Waals surface area contributed by atoms with E-state index in [1.54, 1.807) is 0 Å². The molecule has 18 heteroatoms. The van der Waals surface area contributed by atoms with Crippen molar-refractivity contribution in [3.05, 3.63) is 134 Å². The molecule has 16 nitrogen and oxygen atoms in total. The minimum atomic E-state index is -4.94. The molecule has 5 atom stereocenters. The van der Waals surface area contributed by atoms with Gasteiger partial charge in [-0.3, -0.25) is 32.5 Å². The van der Waals surface area contributed by atoms with Crippen LogP contribution >= 0.6 is 15.6 Å². The molecule has 0 spiro atoms. The summed E-state index contributed by atoms with van der Waals surface area (Å²) < 4.78 is 61.1. The molecule has 0 aromatic heterocycles. The van der Waals surface area contributed by atoms with E-state index < -0.39 is 91.5 Å². The van der Waals surface area contributed by atoms with Gasteiger partial charge >= 0.3 is 33.6 Å². The fourth-order valence-electron chi connectivity index (χ4n) is 11.0. The number of carbonyl (C=O) groups is 3. The minimum absolute atomic E-state index is 0.0811. The average molecular weight is 1510 g/mol. The number of hydrogen-bond acceptors (Lipinski definition) is 14. The topological polar surface area (TPSA) is 231 Å². The molecule has 0 bridgehead atoms. The van der Waals surface area contributed by atoms with Crippen molar-refractivity contribution in [2.24, 2.45) is 0 Å². The maximum atomic E-state index is 12.9. The van der Waals surface area contributed by atoms with Crippen LogP contribution in [0.5, 0.6) is 0 Å². The first-order chi connectivity index (χ1) is 51.2. The van der Waals surface area contributed by atoms with E-state index in [0.717, 1.165) is 154 Å². The van der Waals surface area contributed by atoms with E-state index in [4.69, 9.17) is 32.3 Å². The number of allylic oxidation sites excluding steroid dienone is 22. The van der Waals surface area contributed by atoms with Gasteiger partial charge in [0.2, 0.25) is 0 Å². The molecule has 0 saturated heterocycles. The molecule has 0 aliphatic rings. The molecule has 0 radical (unpaired) electrons. The molecule has 0 aliphatic carbocycles. The van der Waals surface area contributed by atoms with Crippen LogP contribution in [-0.4, -0.2) is 95.9 Å². The summed E-state index contributed by atoms with van der Waals surface area (Å²) in [4.78, 5) is 58.6. The predicted octanol–water partition coefficient (Wildman–Crippen LogP) is 24.7. The number of hydrogen-bond donors (Lipinski definition) is 4. The zero-order valence-corrected chi connectivity index (χ0v) is 67.9. The summed E-state index contributed by atoms with van der Waals surface area (Å²) in [5, 5.41) is 20.6. The van der Waals surface area contributed by atoms with Crippen molar-refractivity contribution in [3.63, 3.8) is 0 Å². The van der Waals surface area contributed by atoms with Gasteiger partial charge in [0.25, 0.3) is 0 Å². The van der Waals surface area contributed by atoms with Crippen LogP contribution in [0, 0.1) is 0 Å². The zero-order valence-electron chi connectivity index (χ0n) is 66.1. The van der Waals surface area contributed by atoms with E-state index in [1.165, 1.54) is 128 Å².